The molecule has 5 nitrogen and oxygen atoms in total. The summed E-state index contributed by atoms with van der Waals surface area (Å²) < 4.78 is 15.9. The lowest BCUT2D eigenvalue weighted by molar-refractivity contribution is -0.136. The van der Waals surface area contributed by atoms with Crippen molar-refractivity contribution in [2.75, 3.05) is 6.61 Å². The van der Waals surface area contributed by atoms with Crippen molar-refractivity contribution in [2.45, 2.75) is 13.8 Å². The first-order valence-electron chi connectivity index (χ1n) is 7.56. The summed E-state index contributed by atoms with van der Waals surface area (Å²) in [4.78, 5) is 23.3. The van der Waals surface area contributed by atoms with Gasteiger partial charge in [0.05, 0.1) is 0 Å². The minimum absolute atomic E-state index is 0.250. The number of ether oxygens (including phenoxy) is 2. The van der Waals surface area contributed by atoms with Gasteiger partial charge >= 0.3 is 11.6 Å². The van der Waals surface area contributed by atoms with Crippen LogP contribution in [0.5, 0.6) is 11.5 Å². The van der Waals surface area contributed by atoms with E-state index in [4.69, 9.17) is 25.5 Å². The number of halogens is 1. The zero-order valence-electron chi connectivity index (χ0n) is 13.7. The summed E-state index contributed by atoms with van der Waals surface area (Å²) in [6, 6.07) is 11.3. The molecule has 2 aromatic carbocycles. The Hall–Kier alpha value is -2.79. The van der Waals surface area contributed by atoms with Crippen LogP contribution in [0.4, 0.5) is 0 Å². The minimum Gasteiger partial charge on any atom is -0.481 e. The second-order valence-corrected chi connectivity index (χ2v) is 6.02. The Bertz CT molecular complexity index is 983. The van der Waals surface area contributed by atoms with Gasteiger partial charge in [0.25, 0.3) is 0 Å². The Kier molecular flexibility index (Phi) is 4.76. The first-order chi connectivity index (χ1) is 11.9. The van der Waals surface area contributed by atoms with E-state index in [1.54, 1.807) is 30.3 Å². The van der Waals surface area contributed by atoms with Crippen LogP contribution in [0.2, 0.25) is 5.02 Å². The molecule has 0 radical (unpaired) electrons. The highest BCUT2D eigenvalue weighted by Gasteiger charge is 2.11. The van der Waals surface area contributed by atoms with E-state index in [0.717, 1.165) is 16.5 Å². The van der Waals surface area contributed by atoms with Crippen molar-refractivity contribution in [1.29, 1.82) is 0 Å². The van der Waals surface area contributed by atoms with E-state index in [1.165, 1.54) is 12.1 Å². The molecule has 1 heterocycles. The van der Waals surface area contributed by atoms with Crippen LogP contribution in [-0.4, -0.2) is 12.6 Å². The predicted molar refractivity (Wildman–Crippen MR) is 94.5 cm³/mol. The van der Waals surface area contributed by atoms with E-state index in [0.29, 0.717) is 16.4 Å². The fourth-order valence-corrected chi connectivity index (χ4v) is 2.85. The maximum absolute atomic E-state index is 12.0. The lowest BCUT2D eigenvalue weighted by Crippen LogP contribution is -2.18. The van der Waals surface area contributed by atoms with Gasteiger partial charge in [0, 0.05) is 22.5 Å². The van der Waals surface area contributed by atoms with Crippen LogP contribution in [0.3, 0.4) is 0 Å². The summed E-state index contributed by atoms with van der Waals surface area (Å²) in [5.74, 6) is 0.317. The Morgan fingerprint density at radius 1 is 1.08 bits per heavy atom. The Balaban J connectivity index is 1.70. The van der Waals surface area contributed by atoms with Gasteiger partial charge < -0.3 is 13.9 Å². The maximum Gasteiger partial charge on any atom is 0.349 e. The molecule has 1 aromatic heterocycles. The van der Waals surface area contributed by atoms with E-state index < -0.39 is 11.6 Å². The highest BCUT2D eigenvalue weighted by atomic mass is 35.5. The monoisotopic (exact) mass is 358 g/mol. The van der Waals surface area contributed by atoms with Crippen molar-refractivity contribution < 1.29 is 18.7 Å². The number of benzene rings is 2. The molecule has 0 spiro atoms. The number of hydrogen-bond donors (Lipinski definition) is 0. The quantitative estimate of drug-likeness (QED) is 0.400. The smallest absolute Gasteiger partial charge is 0.349 e. The highest BCUT2D eigenvalue weighted by molar-refractivity contribution is 6.30. The first-order valence-corrected chi connectivity index (χ1v) is 7.94. The Labute approximate surface area is 148 Å². The van der Waals surface area contributed by atoms with Crippen LogP contribution in [-0.2, 0) is 4.79 Å². The van der Waals surface area contributed by atoms with Gasteiger partial charge in [-0.25, -0.2) is 9.59 Å². The summed E-state index contributed by atoms with van der Waals surface area (Å²) in [5, 5.41) is 1.35. The normalized spacial score (nSPS) is 10.7. The molecule has 0 N–H and O–H groups in total. The zero-order valence-corrected chi connectivity index (χ0v) is 14.4. The summed E-state index contributed by atoms with van der Waals surface area (Å²) in [6.45, 7) is 3.45. The average molecular weight is 359 g/mol. The number of carbonyl (C=O) groups is 1. The molecule has 0 bridgehead atoms. The number of rotatable bonds is 4. The molecule has 25 heavy (non-hydrogen) atoms. The van der Waals surface area contributed by atoms with E-state index in [-0.39, 0.29) is 12.4 Å². The van der Waals surface area contributed by atoms with Crippen molar-refractivity contribution in [3.8, 4) is 11.5 Å². The lowest BCUT2D eigenvalue weighted by Gasteiger charge is -2.12. The third-order valence-electron chi connectivity index (χ3n) is 3.59. The van der Waals surface area contributed by atoms with Gasteiger partial charge in [-0.3, -0.25) is 0 Å². The largest absolute Gasteiger partial charge is 0.481 e. The molecular formula is C19H15ClO5. The molecule has 0 saturated heterocycles. The molecule has 3 aromatic rings. The Morgan fingerprint density at radius 2 is 1.76 bits per heavy atom. The van der Waals surface area contributed by atoms with Crippen LogP contribution >= 0.6 is 11.6 Å². The molecular weight excluding hydrogens is 344 g/mol. The average Bonchev–Trinajstić information content (AvgIpc) is 2.53. The van der Waals surface area contributed by atoms with Crippen molar-refractivity contribution in [2.24, 2.45) is 0 Å². The van der Waals surface area contributed by atoms with Crippen molar-refractivity contribution in [1.82, 2.24) is 0 Å². The SMILES string of the molecule is Cc1cc(Cl)cc(C)c1OCC(=O)Oc1ccc2ccc(=O)oc2c1. The summed E-state index contributed by atoms with van der Waals surface area (Å²) >= 11 is 5.97. The summed E-state index contributed by atoms with van der Waals surface area (Å²) in [5.41, 5.74) is 1.56. The molecule has 0 aliphatic rings. The molecule has 0 saturated carbocycles. The number of aryl methyl sites for hydroxylation is 2. The van der Waals surface area contributed by atoms with Crippen LogP contribution < -0.4 is 15.1 Å². The van der Waals surface area contributed by atoms with Gasteiger partial charge in [-0.05, 0) is 55.3 Å². The van der Waals surface area contributed by atoms with Crippen molar-refractivity contribution in [3.05, 3.63) is 69.0 Å². The van der Waals surface area contributed by atoms with E-state index in [9.17, 15) is 9.59 Å². The van der Waals surface area contributed by atoms with E-state index in [2.05, 4.69) is 0 Å². The highest BCUT2D eigenvalue weighted by Crippen LogP contribution is 2.27. The van der Waals surface area contributed by atoms with Crippen LogP contribution in [0.25, 0.3) is 11.0 Å². The third kappa shape index (κ3) is 4.00. The van der Waals surface area contributed by atoms with Crippen LogP contribution in [0.1, 0.15) is 11.1 Å². The first kappa shape index (κ1) is 17.0. The number of hydrogen-bond acceptors (Lipinski definition) is 5. The van der Waals surface area contributed by atoms with E-state index >= 15 is 0 Å². The molecule has 128 valence electrons. The number of fused-ring (bicyclic) bond motifs is 1. The molecule has 0 aliphatic heterocycles. The lowest BCUT2D eigenvalue weighted by atomic mass is 10.1. The second kappa shape index (κ2) is 6.99. The summed E-state index contributed by atoms with van der Waals surface area (Å²) in [7, 11) is 0. The van der Waals surface area contributed by atoms with Crippen molar-refractivity contribution >= 4 is 28.5 Å². The number of esters is 1. The molecule has 6 heteroatoms. The maximum atomic E-state index is 12.0. The van der Waals surface area contributed by atoms with Gasteiger partial charge in [-0.15, -0.1) is 0 Å². The molecule has 0 aliphatic carbocycles. The van der Waals surface area contributed by atoms with E-state index in [1.807, 2.05) is 13.8 Å². The molecule has 0 unspecified atom stereocenters. The van der Waals surface area contributed by atoms with Gasteiger partial charge in [-0.1, -0.05) is 11.6 Å². The number of carbonyl (C=O) groups excluding carboxylic acids is 1. The van der Waals surface area contributed by atoms with Gasteiger partial charge in [-0.2, -0.15) is 0 Å². The molecule has 0 amide bonds. The van der Waals surface area contributed by atoms with Crippen LogP contribution in [0.15, 0.2) is 51.7 Å². The molecule has 3 rings (SSSR count). The molecule has 0 atom stereocenters. The third-order valence-corrected chi connectivity index (χ3v) is 3.80. The topological polar surface area (TPSA) is 65.7 Å². The zero-order chi connectivity index (χ0) is 18.0. The predicted octanol–water partition coefficient (Wildman–Crippen LogP) is 4.05. The summed E-state index contributed by atoms with van der Waals surface area (Å²) in [6.07, 6.45) is 0. The van der Waals surface area contributed by atoms with Gasteiger partial charge in [0.2, 0.25) is 0 Å². The molecule has 0 fully saturated rings. The fraction of sp³-hybridized carbons (Fsp3) is 0.158. The minimum atomic E-state index is -0.564. The fourth-order valence-electron chi connectivity index (χ4n) is 2.52. The Morgan fingerprint density at radius 3 is 2.48 bits per heavy atom. The second-order valence-electron chi connectivity index (χ2n) is 5.59. The van der Waals surface area contributed by atoms with Gasteiger partial charge in [0.15, 0.2) is 6.61 Å². The van der Waals surface area contributed by atoms with Crippen molar-refractivity contribution in [3.63, 3.8) is 0 Å². The van der Waals surface area contributed by atoms with Gasteiger partial charge in [0.1, 0.15) is 17.1 Å². The standard InChI is InChI=1S/C19H15ClO5/c1-11-7-14(20)8-12(2)19(11)23-10-18(22)24-15-5-3-13-4-6-17(21)25-16(13)9-15/h3-9H,10H2,1-2H3. The van der Waals surface area contributed by atoms with Crippen LogP contribution in [0, 0.1) is 13.8 Å².